The first kappa shape index (κ1) is 14.0. The highest BCUT2D eigenvalue weighted by atomic mass is 16.5. The van der Waals surface area contributed by atoms with Crippen LogP contribution in [0.1, 0.15) is 45.6 Å². The Balaban J connectivity index is 2.65. The van der Waals surface area contributed by atoms with Crippen molar-refractivity contribution in [2.24, 2.45) is 5.73 Å². The van der Waals surface area contributed by atoms with Gasteiger partial charge in [0.25, 0.3) is 0 Å². The second-order valence-electron chi connectivity index (χ2n) is 4.58. The van der Waals surface area contributed by atoms with Crippen LogP contribution in [0, 0.1) is 0 Å². The molecule has 1 aromatic carbocycles. The van der Waals surface area contributed by atoms with Crippen molar-refractivity contribution < 1.29 is 4.74 Å². The first-order valence-corrected chi connectivity index (χ1v) is 6.70. The molecule has 0 spiro atoms. The molecule has 0 fully saturated rings. The van der Waals surface area contributed by atoms with Crippen molar-refractivity contribution in [3.05, 3.63) is 29.8 Å². The molecule has 0 aliphatic heterocycles. The van der Waals surface area contributed by atoms with Crippen molar-refractivity contribution in [2.45, 2.75) is 58.6 Å². The summed E-state index contributed by atoms with van der Waals surface area (Å²) < 4.78 is 5.93. The molecule has 0 aromatic heterocycles. The molecule has 1 unspecified atom stereocenters. The minimum absolute atomic E-state index is 0.249. The van der Waals surface area contributed by atoms with E-state index in [1.165, 1.54) is 5.56 Å². The summed E-state index contributed by atoms with van der Waals surface area (Å²) >= 11 is 0. The van der Waals surface area contributed by atoms with E-state index >= 15 is 0 Å². The molecule has 0 saturated carbocycles. The number of ether oxygens (including phenoxy) is 1. The summed E-state index contributed by atoms with van der Waals surface area (Å²) in [5.41, 5.74) is 7.23. The van der Waals surface area contributed by atoms with Gasteiger partial charge in [0.05, 0.1) is 6.10 Å². The topological polar surface area (TPSA) is 35.2 Å². The zero-order valence-electron chi connectivity index (χ0n) is 11.3. The summed E-state index contributed by atoms with van der Waals surface area (Å²) in [6.45, 7) is 6.44. The molecule has 0 aliphatic carbocycles. The molecule has 0 radical (unpaired) electrons. The molecule has 2 N–H and O–H groups in total. The van der Waals surface area contributed by atoms with E-state index in [1.54, 1.807) is 0 Å². The average molecular weight is 235 g/mol. The Morgan fingerprint density at radius 2 is 1.82 bits per heavy atom. The Kier molecular flexibility index (Phi) is 6.06. The lowest BCUT2D eigenvalue weighted by Crippen LogP contribution is -2.21. The van der Waals surface area contributed by atoms with Crippen LogP contribution in [0.3, 0.4) is 0 Å². The Morgan fingerprint density at radius 1 is 1.12 bits per heavy atom. The van der Waals surface area contributed by atoms with E-state index in [2.05, 4.69) is 39.0 Å². The Labute approximate surface area is 105 Å². The van der Waals surface area contributed by atoms with E-state index in [9.17, 15) is 0 Å². The van der Waals surface area contributed by atoms with Crippen LogP contribution < -0.4 is 10.5 Å². The highest BCUT2D eigenvalue weighted by Crippen LogP contribution is 2.18. The zero-order valence-corrected chi connectivity index (χ0v) is 11.3. The molecular formula is C15H25NO. The fourth-order valence-electron chi connectivity index (χ4n) is 1.84. The third-order valence-electron chi connectivity index (χ3n) is 3.13. The monoisotopic (exact) mass is 235 g/mol. The fourth-order valence-corrected chi connectivity index (χ4v) is 1.84. The summed E-state index contributed by atoms with van der Waals surface area (Å²) in [5, 5.41) is 0. The quantitative estimate of drug-likeness (QED) is 0.784. The van der Waals surface area contributed by atoms with Crippen molar-refractivity contribution in [2.75, 3.05) is 0 Å². The molecule has 0 saturated heterocycles. The number of nitrogens with two attached hydrogens (primary N) is 1. The van der Waals surface area contributed by atoms with Crippen LogP contribution >= 0.6 is 0 Å². The number of hydrogen-bond acceptors (Lipinski definition) is 2. The minimum atomic E-state index is 0.249. The summed E-state index contributed by atoms with van der Waals surface area (Å²) in [5.74, 6) is 0.972. The van der Waals surface area contributed by atoms with E-state index in [-0.39, 0.29) is 6.04 Å². The summed E-state index contributed by atoms with van der Waals surface area (Å²) in [6, 6.07) is 8.57. The van der Waals surface area contributed by atoms with Crippen LogP contribution in [0.25, 0.3) is 0 Å². The van der Waals surface area contributed by atoms with Crippen LogP contribution in [0.4, 0.5) is 0 Å². The number of rotatable bonds is 7. The molecule has 1 atom stereocenters. The van der Waals surface area contributed by atoms with Gasteiger partial charge in [-0.25, -0.2) is 0 Å². The molecule has 2 heteroatoms. The molecule has 17 heavy (non-hydrogen) atoms. The fraction of sp³-hybridized carbons (Fsp3) is 0.600. The number of benzene rings is 1. The SMILES string of the molecule is CCC(N)Cc1cccc(OC(CC)CC)c1. The van der Waals surface area contributed by atoms with E-state index < -0.39 is 0 Å². The molecule has 0 aliphatic rings. The molecule has 0 amide bonds. The van der Waals surface area contributed by atoms with Crippen LogP contribution in [0.5, 0.6) is 5.75 Å². The van der Waals surface area contributed by atoms with Gasteiger partial charge in [0, 0.05) is 6.04 Å². The Morgan fingerprint density at radius 3 is 2.41 bits per heavy atom. The van der Waals surface area contributed by atoms with Crippen molar-refractivity contribution in [3.63, 3.8) is 0 Å². The van der Waals surface area contributed by atoms with Crippen molar-refractivity contribution in [1.29, 1.82) is 0 Å². The predicted molar refractivity (Wildman–Crippen MR) is 73.4 cm³/mol. The Hall–Kier alpha value is -1.02. The molecule has 2 nitrogen and oxygen atoms in total. The van der Waals surface area contributed by atoms with Gasteiger partial charge in [0.1, 0.15) is 5.75 Å². The van der Waals surface area contributed by atoms with Gasteiger partial charge >= 0.3 is 0 Å². The molecule has 1 aromatic rings. The van der Waals surface area contributed by atoms with Gasteiger partial charge in [-0.05, 0) is 43.4 Å². The van der Waals surface area contributed by atoms with E-state index in [0.29, 0.717) is 6.10 Å². The second-order valence-corrected chi connectivity index (χ2v) is 4.58. The van der Waals surface area contributed by atoms with Gasteiger partial charge in [-0.15, -0.1) is 0 Å². The van der Waals surface area contributed by atoms with Crippen LogP contribution in [0.15, 0.2) is 24.3 Å². The molecular weight excluding hydrogens is 210 g/mol. The van der Waals surface area contributed by atoms with Gasteiger partial charge in [0.2, 0.25) is 0 Å². The van der Waals surface area contributed by atoms with Crippen molar-refractivity contribution >= 4 is 0 Å². The molecule has 1 rings (SSSR count). The molecule has 96 valence electrons. The van der Waals surface area contributed by atoms with Crippen LogP contribution in [0.2, 0.25) is 0 Å². The minimum Gasteiger partial charge on any atom is -0.490 e. The summed E-state index contributed by atoms with van der Waals surface area (Å²) in [7, 11) is 0. The van der Waals surface area contributed by atoms with Crippen LogP contribution in [-0.2, 0) is 6.42 Å². The average Bonchev–Trinajstić information content (AvgIpc) is 2.36. The van der Waals surface area contributed by atoms with E-state index in [4.69, 9.17) is 10.5 Å². The smallest absolute Gasteiger partial charge is 0.119 e. The standard InChI is InChI=1S/C15H25NO/c1-4-13(16)10-12-8-7-9-15(11-12)17-14(5-2)6-3/h7-9,11,13-14H,4-6,10,16H2,1-3H3. The van der Waals surface area contributed by atoms with Crippen molar-refractivity contribution in [1.82, 2.24) is 0 Å². The van der Waals surface area contributed by atoms with Crippen molar-refractivity contribution in [3.8, 4) is 5.75 Å². The van der Waals surface area contributed by atoms with Gasteiger partial charge in [-0.3, -0.25) is 0 Å². The van der Waals surface area contributed by atoms with Gasteiger partial charge in [0.15, 0.2) is 0 Å². The first-order chi connectivity index (χ1) is 8.19. The maximum Gasteiger partial charge on any atom is 0.119 e. The van der Waals surface area contributed by atoms with Gasteiger partial charge in [-0.1, -0.05) is 32.9 Å². The largest absolute Gasteiger partial charge is 0.490 e. The Bertz CT molecular complexity index is 320. The lowest BCUT2D eigenvalue weighted by atomic mass is 10.0. The highest BCUT2D eigenvalue weighted by Gasteiger charge is 2.06. The van der Waals surface area contributed by atoms with E-state index in [0.717, 1.165) is 31.4 Å². The van der Waals surface area contributed by atoms with Gasteiger partial charge in [-0.2, -0.15) is 0 Å². The lowest BCUT2D eigenvalue weighted by molar-refractivity contribution is 0.192. The normalized spacial score (nSPS) is 12.8. The molecule has 0 heterocycles. The first-order valence-electron chi connectivity index (χ1n) is 6.70. The highest BCUT2D eigenvalue weighted by molar-refractivity contribution is 5.29. The zero-order chi connectivity index (χ0) is 12.7. The second kappa shape index (κ2) is 7.33. The maximum atomic E-state index is 5.97. The third kappa shape index (κ3) is 4.78. The predicted octanol–water partition coefficient (Wildman–Crippen LogP) is 3.53. The lowest BCUT2D eigenvalue weighted by Gasteiger charge is -2.16. The van der Waals surface area contributed by atoms with Gasteiger partial charge < -0.3 is 10.5 Å². The third-order valence-corrected chi connectivity index (χ3v) is 3.13. The summed E-state index contributed by atoms with van der Waals surface area (Å²) in [4.78, 5) is 0. The maximum absolute atomic E-state index is 5.97. The molecule has 0 bridgehead atoms. The van der Waals surface area contributed by atoms with Crippen LogP contribution in [-0.4, -0.2) is 12.1 Å². The van der Waals surface area contributed by atoms with E-state index in [1.807, 2.05) is 6.07 Å². The summed E-state index contributed by atoms with van der Waals surface area (Å²) in [6.07, 6.45) is 4.36. The number of hydrogen-bond donors (Lipinski definition) is 1.